The molecule has 3 fully saturated rings. The van der Waals surface area contributed by atoms with Crippen molar-refractivity contribution in [2.45, 2.75) is 96.1 Å². The minimum Gasteiger partial charge on any atom is -0.497 e. The number of halogens is 1. The van der Waals surface area contributed by atoms with E-state index in [2.05, 4.69) is 31.5 Å². The van der Waals surface area contributed by atoms with Gasteiger partial charge in [0.05, 0.1) is 43.4 Å². The lowest BCUT2D eigenvalue weighted by atomic mass is 9.83. The Bertz CT molecular complexity index is 2900. The highest BCUT2D eigenvalue weighted by molar-refractivity contribution is 5.98. The molecule has 8 rings (SSSR count). The average Bonchev–Trinajstić information content (AvgIpc) is 3.47. The summed E-state index contributed by atoms with van der Waals surface area (Å²) in [6, 6.07) is 24.2. The second kappa shape index (κ2) is 27.7. The minimum absolute atomic E-state index is 0.0229. The Morgan fingerprint density at radius 3 is 2.31 bits per heavy atom. The Morgan fingerprint density at radius 2 is 1.52 bits per heavy atom. The summed E-state index contributed by atoms with van der Waals surface area (Å²) in [7, 11) is 1.62. The molecular formula is C59H74FN9O8. The van der Waals surface area contributed by atoms with E-state index < -0.39 is 17.8 Å². The quantitative estimate of drug-likeness (QED) is 0.0473. The van der Waals surface area contributed by atoms with E-state index in [4.69, 9.17) is 9.47 Å². The summed E-state index contributed by atoms with van der Waals surface area (Å²) in [5.41, 5.74) is 3.39. The number of amides is 5. The number of benzene rings is 4. The normalized spacial score (nSPS) is 16.5. The molecule has 1 saturated carbocycles. The van der Waals surface area contributed by atoms with Crippen molar-refractivity contribution in [1.29, 1.82) is 0 Å². The molecule has 410 valence electrons. The molecule has 0 radical (unpaired) electrons. The number of nitrogens with one attached hydrogen (secondary N) is 5. The third-order valence-electron chi connectivity index (χ3n) is 15.2. The molecular weight excluding hydrogens is 982 g/mol. The van der Waals surface area contributed by atoms with Crippen LogP contribution in [-0.4, -0.2) is 140 Å². The first-order chi connectivity index (χ1) is 37.5. The number of aromatic nitrogens is 2. The molecule has 1 unspecified atom stereocenters. The maximum absolute atomic E-state index is 15.1. The molecule has 3 aliphatic rings. The van der Waals surface area contributed by atoms with E-state index in [-0.39, 0.29) is 72.8 Å². The third-order valence-corrected chi connectivity index (χ3v) is 15.2. The van der Waals surface area contributed by atoms with Gasteiger partial charge in [0.15, 0.2) is 0 Å². The molecule has 2 aliphatic heterocycles. The highest BCUT2D eigenvalue weighted by Gasteiger charge is 2.32. The van der Waals surface area contributed by atoms with Crippen LogP contribution in [0, 0.1) is 11.7 Å². The molecule has 1 aliphatic carbocycles. The summed E-state index contributed by atoms with van der Waals surface area (Å²) in [5.74, 6) is -0.0125. The van der Waals surface area contributed by atoms with Gasteiger partial charge in [-0.05, 0) is 105 Å². The molecule has 3 heterocycles. The van der Waals surface area contributed by atoms with Gasteiger partial charge in [-0.2, -0.15) is 5.10 Å². The van der Waals surface area contributed by atoms with Crippen molar-refractivity contribution in [3.8, 4) is 11.5 Å². The molecule has 2 saturated heterocycles. The summed E-state index contributed by atoms with van der Waals surface area (Å²) in [6.07, 6.45) is 9.31. The van der Waals surface area contributed by atoms with Gasteiger partial charge in [0.1, 0.15) is 23.4 Å². The molecule has 1 aromatic heterocycles. The highest BCUT2D eigenvalue weighted by atomic mass is 19.1. The Labute approximate surface area is 450 Å². The topological polar surface area (TPSA) is 207 Å². The van der Waals surface area contributed by atoms with Gasteiger partial charge in [-0.1, -0.05) is 68.1 Å². The second-order valence-corrected chi connectivity index (χ2v) is 20.4. The SMILES string of the molecule is CCOc1cc(OC)ccc1CNCC(=O)N1CCCC(c2cccc(C(=O)N[C@@H](C(=O)NCCCCCNCC(=O)N3CCN(C(=O)c4cc(Cc5n[nH]c(=O)c6ccccc56)ccc4F)CC3)C3CCCCC3)c2)C1. The van der Waals surface area contributed by atoms with Crippen LogP contribution in [0.2, 0.25) is 0 Å². The van der Waals surface area contributed by atoms with E-state index in [1.54, 1.807) is 41.2 Å². The van der Waals surface area contributed by atoms with Gasteiger partial charge in [-0.25, -0.2) is 9.49 Å². The van der Waals surface area contributed by atoms with Crippen LogP contribution in [0.25, 0.3) is 10.8 Å². The molecule has 0 spiro atoms. The average molecular weight is 1060 g/mol. The van der Waals surface area contributed by atoms with Crippen molar-refractivity contribution >= 4 is 40.3 Å². The molecule has 5 amide bonds. The van der Waals surface area contributed by atoms with Gasteiger partial charge in [0, 0.05) is 87.3 Å². The highest BCUT2D eigenvalue weighted by Crippen LogP contribution is 2.30. The predicted molar refractivity (Wildman–Crippen MR) is 292 cm³/mol. The Balaban J connectivity index is 0.733. The van der Waals surface area contributed by atoms with Crippen LogP contribution >= 0.6 is 0 Å². The maximum atomic E-state index is 15.1. The summed E-state index contributed by atoms with van der Waals surface area (Å²) < 4.78 is 26.2. The fraction of sp³-hybridized carbons (Fsp3) is 0.475. The number of ether oxygens (including phenoxy) is 2. The van der Waals surface area contributed by atoms with E-state index >= 15 is 4.39 Å². The van der Waals surface area contributed by atoms with Gasteiger partial charge in [0.2, 0.25) is 17.7 Å². The largest absolute Gasteiger partial charge is 0.497 e. The zero-order valence-electron chi connectivity index (χ0n) is 44.5. The molecule has 5 N–H and O–H groups in total. The van der Waals surface area contributed by atoms with Crippen molar-refractivity contribution in [2.75, 3.05) is 79.2 Å². The van der Waals surface area contributed by atoms with Crippen LogP contribution in [0.5, 0.6) is 11.5 Å². The number of carbonyl (C=O) groups is 5. The van der Waals surface area contributed by atoms with Crippen LogP contribution in [0.3, 0.4) is 0 Å². The monoisotopic (exact) mass is 1060 g/mol. The maximum Gasteiger partial charge on any atom is 0.272 e. The zero-order chi connectivity index (χ0) is 54.1. The van der Waals surface area contributed by atoms with E-state index in [1.807, 2.05) is 60.4 Å². The minimum atomic E-state index is -0.650. The first-order valence-electron chi connectivity index (χ1n) is 27.5. The lowest BCUT2D eigenvalue weighted by Crippen LogP contribution is -2.52. The van der Waals surface area contributed by atoms with E-state index in [1.165, 1.54) is 12.1 Å². The summed E-state index contributed by atoms with van der Waals surface area (Å²) in [4.78, 5) is 85.2. The number of hydrogen-bond acceptors (Lipinski definition) is 11. The van der Waals surface area contributed by atoms with Crippen molar-refractivity contribution in [2.24, 2.45) is 5.92 Å². The number of fused-ring (bicyclic) bond motifs is 1. The van der Waals surface area contributed by atoms with E-state index in [0.717, 1.165) is 81.1 Å². The van der Waals surface area contributed by atoms with Crippen LogP contribution in [0.15, 0.2) is 89.7 Å². The molecule has 18 heteroatoms. The number of H-pyrrole nitrogens is 1. The number of nitrogens with zero attached hydrogens (tertiary/aromatic N) is 4. The number of carbonyl (C=O) groups excluding carboxylic acids is 5. The lowest BCUT2D eigenvalue weighted by molar-refractivity contribution is -0.132. The third kappa shape index (κ3) is 15.1. The van der Waals surface area contributed by atoms with Crippen LogP contribution in [0.4, 0.5) is 4.39 Å². The second-order valence-electron chi connectivity index (χ2n) is 20.4. The summed E-state index contributed by atoms with van der Waals surface area (Å²) in [5, 5.41) is 20.7. The molecule has 5 aromatic rings. The Kier molecular flexibility index (Phi) is 20.2. The fourth-order valence-electron chi connectivity index (χ4n) is 10.9. The number of piperazine rings is 1. The van der Waals surface area contributed by atoms with Gasteiger partial charge < -0.3 is 45.4 Å². The number of likely N-dealkylation sites (tertiary alicyclic amines) is 1. The van der Waals surface area contributed by atoms with Crippen LogP contribution in [0.1, 0.15) is 120 Å². The molecule has 4 aromatic carbocycles. The van der Waals surface area contributed by atoms with Gasteiger partial charge in [0.25, 0.3) is 17.4 Å². The smallest absolute Gasteiger partial charge is 0.272 e. The summed E-state index contributed by atoms with van der Waals surface area (Å²) in [6.45, 7) is 6.81. The fourth-order valence-corrected chi connectivity index (χ4v) is 10.9. The number of rotatable bonds is 23. The standard InChI is InChI=1S/C59H74FN9O8/c1-3-77-52-35-46(76-2)23-22-44(52)36-62-38-54(71)69-27-13-18-45(39-69)42-16-12-17-43(34-42)56(72)64-55(41-14-6-4-7-15-41)58(74)63-26-11-5-10-25-61-37-53(70)67-28-30-68(31-29-67)59(75)49-32-40(21-24-50(49)60)33-51-47-19-8-9-20-48(47)57(73)66-65-51/h8-9,12,16-17,19-24,32,34-35,41,45,55,61-62H,3-7,10-11,13-15,18,25-31,33,36-39H2,1-2H3,(H,63,74)(H,64,72)(H,66,73)/t45?,55-/m1/s1. The number of hydrogen-bond donors (Lipinski definition) is 5. The van der Waals surface area contributed by atoms with Crippen molar-refractivity contribution in [1.82, 2.24) is 46.2 Å². The van der Waals surface area contributed by atoms with E-state index in [0.29, 0.717) is 92.2 Å². The Hall–Kier alpha value is -7.18. The van der Waals surface area contributed by atoms with Crippen molar-refractivity contribution in [3.63, 3.8) is 0 Å². The molecule has 17 nitrogen and oxygen atoms in total. The van der Waals surface area contributed by atoms with Gasteiger partial charge in [-0.15, -0.1) is 0 Å². The molecule has 0 bridgehead atoms. The van der Waals surface area contributed by atoms with Crippen LogP contribution in [-0.2, 0) is 27.3 Å². The zero-order valence-corrected chi connectivity index (χ0v) is 44.5. The first-order valence-corrected chi connectivity index (χ1v) is 27.5. The number of unbranched alkanes of at least 4 members (excludes halogenated alkanes) is 2. The summed E-state index contributed by atoms with van der Waals surface area (Å²) >= 11 is 0. The number of methoxy groups -OCH3 is 1. The van der Waals surface area contributed by atoms with Gasteiger partial charge in [-0.3, -0.25) is 28.8 Å². The van der Waals surface area contributed by atoms with Gasteiger partial charge >= 0.3 is 0 Å². The lowest BCUT2D eigenvalue weighted by Gasteiger charge is -2.35. The molecule has 77 heavy (non-hydrogen) atoms. The number of piperidine rings is 1. The van der Waals surface area contributed by atoms with Crippen molar-refractivity contribution < 1.29 is 37.8 Å². The first kappa shape index (κ1) is 56.0. The Morgan fingerprint density at radius 1 is 0.766 bits per heavy atom. The predicted octanol–water partition coefficient (Wildman–Crippen LogP) is 6.10. The van der Waals surface area contributed by atoms with Crippen LogP contribution < -0.4 is 36.3 Å². The van der Waals surface area contributed by atoms with Crippen molar-refractivity contribution in [3.05, 3.63) is 135 Å². The number of aromatic amines is 1. The van der Waals surface area contributed by atoms with E-state index in [9.17, 15) is 28.8 Å². The molecule has 2 atom stereocenters.